The lowest BCUT2D eigenvalue weighted by atomic mass is 10.0. The molecule has 0 saturated heterocycles. The Kier molecular flexibility index (Phi) is 5.41. The zero-order valence-corrected chi connectivity index (χ0v) is 17.1. The van der Waals surface area contributed by atoms with Gasteiger partial charge in [-0.1, -0.05) is 6.07 Å². The lowest BCUT2D eigenvalue weighted by molar-refractivity contribution is 0.0696. The standard InChI is InChI=1S/C24H20N4O3/c1-15-5-6-16(2)28(15)21-12-18(8-10-20(21)24(30)31)22(29)14-25-13-19-9-7-17-4-3-11-26-23(17)27-19/h3-13H,14H2,1-2H3,(H,30,31). The largest absolute Gasteiger partial charge is 0.478 e. The number of benzene rings is 1. The van der Waals surface area contributed by atoms with E-state index in [9.17, 15) is 14.7 Å². The second-order valence-corrected chi connectivity index (χ2v) is 7.17. The summed E-state index contributed by atoms with van der Waals surface area (Å²) in [5, 5.41) is 10.5. The van der Waals surface area contributed by atoms with Gasteiger partial charge in [-0.3, -0.25) is 9.79 Å². The molecule has 0 bridgehead atoms. The lowest BCUT2D eigenvalue weighted by Crippen LogP contribution is -2.11. The molecule has 4 aromatic rings. The van der Waals surface area contributed by atoms with Gasteiger partial charge in [-0.2, -0.15) is 0 Å². The van der Waals surface area contributed by atoms with Gasteiger partial charge in [-0.25, -0.2) is 14.8 Å². The highest BCUT2D eigenvalue weighted by molar-refractivity contribution is 6.01. The Bertz CT molecular complexity index is 1320. The number of ketones is 1. The minimum atomic E-state index is -1.05. The molecule has 0 amide bonds. The van der Waals surface area contributed by atoms with E-state index in [1.165, 1.54) is 12.1 Å². The molecule has 7 nitrogen and oxygen atoms in total. The van der Waals surface area contributed by atoms with Gasteiger partial charge in [0.25, 0.3) is 0 Å². The Morgan fingerprint density at radius 3 is 2.58 bits per heavy atom. The molecule has 4 rings (SSSR count). The fourth-order valence-electron chi connectivity index (χ4n) is 3.47. The van der Waals surface area contributed by atoms with Crippen LogP contribution in [-0.4, -0.2) is 44.2 Å². The van der Waals surface area contributed by atoms with Crippen LogP contribution in [0.5, 0.6) is 0 Å². The predicted molar refractivity (Wildman–Crippen MR) is 119 cm³/mol. The number of aromatic nitrogens is 3. The number of carbonyl (C=O) groups is 2. The van der Waals surface area contributed by atoms with E-state index in [2.05, 4.69) is 15.0 Å². The van der Waals surface area contributed by atoms with Crippen LogP contribution in [0.15, 0.2) is 65.8 Å². The number of carboxylic acids is 1. The third-order valence-corrected chi connectivity index (χ3v) is 5.01. The molecule has 1 aromatic carbocycles. The number of rotatable bonds is 6. The molecule has 0 fully saturated rings. The van der Waals surface area contributed by atoms with Gasteiger partial charge in [0, 0.05) is 34.7 Å². The first-order valence-corrected chi connectivity index (χ1v) is 9.71. The summed E-state index contributed by atoms with van der Waals surface area (Å²) in [4.78, 5) is 37.3. The van der Waals surface area contributed by atoms with Crippen molar-refractivity contribution in [2.24, 2.45) is 4.99 Å². The van der Waals surface area contributed by atoms with Crippen molar-refractivity contribution in [3.63, 3.8) is 0 Å². The molecule has 0 aliphatic carbocycles. The lowest BCUT2D eigenvalue weighted by Gasteiger charge is -2.14. The molecule has 154 valence electrons. The van der Waals surface area contributed by atoms with Gasteiger partial charge >= 0.3 is 5.97 Å². The number of Topliss-reactive ketones (excluding diaryl/α,β-unsaturated/α-hetero) is 1. The minimum Gasteiger partial charge on any atom is -0.478 e. The highest BCUT2D eigenvalue weighted by Gasteiger charge is 2.17. The van der Waals surface area contributed by atoms with Crippen LogP contribution in [0.3, 0.4) is 0 Å². The highest BCUT2D eigenvalue weighted by Crippen LogP contribution is 2.22. The number of nitrogens with zero attached hydrogens (tertiary/aromatic N) is 4. The molecule has 0 radical (unpaired) electrons. The average molecular weight is 412 g/mol. The second-order valence-electron chi connectivity index (χ2n) is 7.17. The van der Waals surface area contributed by atoms with Crippen molar-refractivity contribution in [1.82, 2.24) is 14.5 Å². The van der Waals surface area contributed by atoms with Crippen LogP contribution in [0.25, 0.3) is 16.7 Å². The van der Waals surface area contributed by atoms with Crippen LogP contribution in [0, 0.1) is 13.8 Å². The van der Waals surface area contributed by atoms with E-state index in [0.717, 1.165) is 16.8 Å². The molecule has 0 aliphatic rings. The number of carboxylic acid groups (broad SMARTS) is 1. The maximum atomic E-state index is 12.7. The number of fused-ring (bicyclic) bond motifs is 1. The molecule has 0 atom stereocenters. The van der Waals surface area contributed by atoms with Crippen molar-refractivity contribution in [3.8, 4) is 5.69 Å². The Morgan fingerprint density at radius 2 is 1.84 bits per heavy atom. The second kappa shape index (κ2) is 8.31. The van der Waals surface area contributed by atoms with Gasteiger partial charge in [-0.05, 0) is 62.4 Å². The van der Waals surface area contributed by atoms with Crippen molar-refractivity contribution in [2.75, 3.05) is 6.54 Å². The molecule has 0 unspecified atom stereocenters. The molecule has 1 N–H and O–H groups in total. The summed E-state index contributed by atoms with van der Waals surface area (Å²) >= 11 is 0. The Labute approximate surface area is 178 Å². The summed E-state index contributed by atoms with van der Waals surface area (Å²) in [6.07, 6.45) is 3.21. The van der Waals surface area contributed by atoms with Crippen molar-refractivity contribution in [3.05, 3.63) is 89.0 Å². The van der Waals surface area contributed by atoms with E-state index in [0.29, 0.717) is 22.6 Å². The van der Waals surface area contributed by atoms with Gasteiger partial charge in [0.1, 0.15) is 6.54 Å². The first kappa shape index (κ1) is 20.2. The normalized spacial score (nSPS) is 11.3. The maximum Gasteiger partial charge on any atom is 0.337 e. The van der Waals surface area contributed by atoms with Crippen LogP contribution in [0.1, 0.15) is 37.8 Å². The fourth-order valence-corrected chi connectivity index (χ4v) is 3.47. The highest BCUT2D eigenvalue weighted by atomic mass is 16.4. The predicted octanol–water partition coefficient (Wildman–Crippen LogP) is 4.04. The van der Waals surface area contributed by atoms with Crippen LogP contribution in [0.2, 0.25) is 0 Å². The number of aliphatic imine (C=N–C) groups is 1. The molecular weight excluding hydrogens is 392 g/mol. The monoisotopic (exact) mass is 412 g/mol. The summed E-state index contributed by atoms with van der Waals surface area (Å²) in [7, 11) is 0. The Balaban J connectivity index is 1.59. The van der Waals surface area contributed by atoms with E-state index in [-0.39, 0.29) is 17.9 Å². The molecule has 3 heterocycles. The Morgan fingerprint density at radius 1 is 1.06 bits per heavy atom. The first-order valence-electron chi connectivity index (χ1n) is 9.71. The van der Waals surface area contributed by atoms with E-state index in [1.807, 2.05) is 54.8 Å². The summed E-state index contributed by atoms with van der Waals surface area (Å²) in [5.41, 5.74) is 4.00. The summed E-state index contributed by atoms with van der Waals surface area (Å²) in [6.45, 7) is 3.71. The van der Waals surface area contributed by atoms with Crippen LogP contribution in [0.4, 0.5) is 0 Å². The van der Waals surface area contributed by atoms with E-state index in [4.69, 9.17) is 0 Å². The van der Waals surface area contributed by atoms with Gasteiger partial charge in [0.15, 0.2) is 11.4 Å². The fraction of sp³-hybridized carbons (Fsp3) is 0.125. The van der Waals surface area contributed by atoms with Crippen molar-refractivity contribution in [1.29, 1.82) is 0 Å². The number of carbonyl (C=O) groups excluding carboxylic acids is 1. The first-order chi connectivity index (χ1) is 14.9. The molecule has 0 spiro atoms. The van der Waals surface area contributed by atoms with Crippen molar-refractivity contribution >= 4 is 29.0 Å². The quantitative estimate of drug-likeness (QED) is 0.381. The van der Waals surface area contributed by atoms with E-state index in [1.54, 1.807) is 18.5 Å². The molecule has 3 aromatic heterocycles. The van der Waals surface area contributed by atoms with Crippen LogP contribution >= 0.6 is 0 Å². The summed E-state index contributed by atoms with van der Waals surface area (Å²) in [5.74, 6) is -1.26. The smallest absolute Gasteiger partial charge is 0.337 e. The summed E-state index contributed by atoms with van der Waals surface area (Å²) in [6, 6.07) is 15.9. The van der Waals surface area contributed by atoms with Crippen LogP contribution in [-0.2, 0) is 0 Å². The topological polar surface area (TPSA) is 97.4 Å². The van der Waals surface area contributed by atoms with E-state index >= 15 is 0 Å². The molecule has 0 saturated carbocycles. The zero-order chi connectivity index (χ0) is 22.0. The average Bonchev–Trinajstić information content (AvgIpc) is 3.10. The summed E-state index contributed by atoms with van der Waals surface area (Å²) < 4.78 is 1.83. The molecular formula is C24H20N4O3. The SMILES string of the molecule is Cc1ccc(C)n1-c1cc(C(=O)CN=Cc2ccc3cccnc3n2)ccc1C(=O)O. The van der Waals surface area contributed by atoms with E-state index < -0.39 is 5.97 Å². The molecule has 7 heteroatoms. The number of hydrogen-bond acceptors (Lipinski definition) is 5. The van der Waals surface area contributed by atoms with Gasteiger partial charge < -0.3 is 9.67 Å². The van der Waals surface area contributed by atoms with Gasteiger partial charge in [0.2, 0.25) is 0 Å². The molecule has 0 aliphatic heterocycles. The zero-order valence-electron chi connectivity index (χ0n) is 17.1. The number of aryl methyl sites for hydroxylation is 2. The number of pyridine rings is 2. The van der Waals surface area contributed by atoms with Gasteiger partial charge in [0.05, 0.1) is 16.9 Å². The number of hydrogen-bond donors (Lipinski definition) is 1. The minimum absolute atomic E-state index is 0.0720. The Hall–Kier alpha value is -4.13. The van der Waals surface area contributed by atoms with Crippen molar-refractivity contribution in [2.45, 2.75) is 13.8 Å². The van der Waals surface area contributed by atoms with Crippen LogP contribution < -0.4 is 0 Å². The van der Waals surface area contributed by atoms with Gasteiger partial charge in [-0.15, -0.1) is 0 Å². The third-order valence-electron chi connectivity index (χ3n) is 5.01. The molecule has 31 heavy (non-hydrogen) atoms. The maximum absolute atomic E-state index is 12.7. The number of aromatic carboxylic acids is 1. The van der Waals surface area contributed by atoms with Crippen molar-refractivity contribution < 1.29 is 14.7 Å². The third kappa shape index (κ3) is 4.11.